The van der Waals surface area contributed by atoms with Crippen molar-refractivity contribution in [1.29, 1.82) is 0 Å². The third-order valence-corrected chi connectivity index (χ3v) is 3.47. The van der Waals surface area contributed by atoms with E-state index in [9.17, 15) is 8.78 Å². The van der Waals surface area contributed by atoms with E-state index in [0.717, 1.165) is 23.4 Å². The molecule has 6 heteroatoms. The Kier molecular flexibility index (Phi) is 4.84. The highest BCUT2D eigenvalue weighted by molar-refractivity contribution is 5.66. The van der Waals surface area contributed by atoms with Crippen molar-refractivity contribution in [3.05, 3.63) is 66.2 Å². The molecule has 0 bridgehead atoms. The van der Waals surface area contributed by atoms with Crippen molar-refractivity contribution in [2.45, 2.75) is 26.3 Å². The standard InChI is InChI=1S/C20H20F2N4/c1-20(2,3)26-18-12-17(13-7-5-4-6-8-13)24-19(25-18)23-14-9-10-15(21)16(22)11-14/h4-12H,1-3H3,(H2,23,24,25,26). The molecule has 0 aliphatic carbocycles. The lowest BCUT2D eigenvalue weighted by atomic mass is 10.1. The number of benzene rings is 2. The van der Waals surface area contributed by atoms with Crippen LogP contribution in [0.2, 0.25) is 0 Å². The number of hydrogen-bond acceptors (Lipinski definition) is 4. The second kappa shape index (κ2) is 7.07. The summed E-state index contributed by atoms with van der Waals surface area (Å²) < 4.78 is 26.6. The molecule has 0 radical (unpaired) electrons. The van der Waals surface area contributed by atoms with E-state index in [4.69, 9.17) is 0 Å². The second-order valence-electron chi connectivity index (χ2n) is 6.96. The van der Waals surface area contributed by atoms with Crippen LogP contribution in [0.5, 0.6) is 0 Å². The lowest BCUT2D eigenvalue weighted by Gasteiger charge is -2.22. The van der Waals surface area contributed by atoms with Crippen molar-refractivity contribution in [1.82, 2.24) is 9.97 Å². The largest absolute Gasteiger partial charge is 0.365 e. The smallest absolute Gasteiger partial charge is 0.229 e. The molecule has 1 aromatic heterocycles. The summed E-state index contributed by atoms with van der Waals surface area (Å²) in [7, 11) is 0. The lowest BCUT2D eigenvalue weighted by molar-refractivity contribution is 0.509. The van der Waals surface area contributed by atoms with Crippen molar-refractivity contribution in [2.75, 3.05) is 10.6 Å². The first-order valence-corrected chi connectivity index (χ1v) is 8.25. The van der Waals surface area contributed by atoms with Gasteiger partial charge in [-0.3, -0.25) is 0 Å². The van der Waals surface area contributed by atoms with Gasteiger partial charge in [-0.1, -0.05) is 30.3 Å². The number of nitrogens with zero attached hydrogens (tertiary/aromatic N) is 2. The number of nitrogens with one attached hydrogen (secondary N) is 2. The van der Waals surface area contributed by atoms with Crippen molar-refractivity contribution in [3.63, 3.8) is 0 Å². The van der Waals surface area contributed by atoms with Crippen LogP contribution in [0, 0.1) is 11.6 Å². The second-order valence-corrected chi connectivity index (χ2v) is 6.96. The topological polar surface area (TPSA) is 49.8 Å². The minimum atomic E-state index is -0.928. The molecule has 0 saturated carbocycles. The summed E-state index contributed by atoms with van der Waals surface area (Å²) >= 11 is 0. The number of rotatable bonds is 4. The molecule has 134 valence electrons. The summed E-state index contributed by atoms with van der Waals surface area (Å²) in [5.74, 6) is -0.896. The molecule has 0 saturated heterocycles. The van der Waals surface area contributed by atoms with Gasteiger partial charge in [0, 0.05) is 28.9 Å². The van der Waals surface area contributed by atoms with Crippen LogP contribution in [0.1, 0.15) is 20.8 Å². The molecule has 0 unspecified atom stereocenters. The Morgan fingerprint density at radius 3 is 2.23 bits per heavy atom. The Morgan fingerprint density at radius 2 is 1.58 bits per heavy atom. The van der Waals surface area contributed by atoms with Crippen LogP contribution in [0.15, 0.2) is 54.6 Å². The van der Waals surface area contributed by atoms with Gasteiger partial charge in [0.25, 0.3) is 0 Å². The average Bonchev–Trinajstić information content (AvgIpc) is 2.57. The summed E-state index contributed by atoms with van der Waals surface area (Å²) in [4.78, 5) is 8.94. The van der Waals surface area contributed by atoms with Crippen LogP contribution in [-0.2, 0) is 0 Å². The Hall–Kier alpha value is -3.02. The molecule has 0 aliphatic heterocycles. The maximum Gasteiger partial charge on any atom is 0.229 e. The first-order chi connectivity index (χ1) is 12.3. The number of halogens is 2. The molecule has 0 aliphatic rings. The molecule has 0 spiro atoms. The van der Waals surface area contributed by atoms with Crippen LogP contribution in [0.25, 0.3) is 11.3 Å². The number of anilines is 3. The van der Waals surface area contributed by atoms with E-state index in [0.29, 0.717) is 17.5 Å². The molecule has 0 fully saturated rings. The van der Waals surface area contributed by atoms with Crippen LogP contribution in [-0.4, -0.2) is 15.5 Å². The highest BCUT2D eigenvalue weighted by Gasteiger charge is 2.14. The normalized spacial score (nSPS) is 11.3. The van der Waals surface area contributed by atoms with Crippen LogP contribution in [0.3, 0.4) is 0 Å². The molecule has 3 rings (SSSR count). The Labute approximate surface area is 151 Å². The molecule has 0 amide bonds. The molecule has 4 nitrogen and oxygen atoms in total. The fraction of sp³-hybridized carbons (Fsp3) is 0.200. The molecular weight excluding hydrogens is 334 g/mol. The quantitative estimate of drug-likeness (QED) is 0.661. The fourth-order valence-electron chi connectivity index (χ4n) is 2.41. The number of aromatic nitrogens is 2. The molecule has 2 aromatic carbocycles. The maximum atomic E-state index is 13.5. The van der Waals surface area contributed by atoms with Crippen molar-refractivity contribution in [2.24, 2.45) is 0 Å². The Morgan fingerprint density at radius 1 is 0.846 bits per heavy atom. The van der Waals surface area contributed by atoms with E-state index in [2.05, 4.69) is 20.6 Å². The van der Waals surface area contributed by atoms with Gasteiger partial charge in [-0.2, -0.15) is 4.98 Å². The van der Waals surface area contributed by atoms with Gasteiger partial charge in [-0.25, -0.2) is 13.8 Å². The molecule has 26 heavy (non-hydrogen) atoms. The summed E-state index contributed by atoms with van der Waals surface area (Å²) in [6, 6.07) is 15.1. The van der Waals surface area contributed by atoms with E-state index in [1.807, 2.05) is 57.2 Å². The van der Waals surface area contributed by atoms with Crippen molar-refractivity contribution < 1.29 is 8.78 Å². The Balaban J connectivity index is 2.00. The summed E-state index contributed by atoms with van der Waals surface area (Å²) in [5, 5.41) is 6.25. The minimum absolute atomic E-state index is 0.193. The van der Waals surface area contributed by atoms with E-state index < -0.39 is 11.6 Å². The van der Waals surface area contributed by atoms with Gasteiger partial charge < -0.3 is 10.6 Å². The molecule has 0 atom stereocenters. The first kappa shape index (κ1) is 17.8. The molecule has 3 aromatic rings. The van der Waals surface area contributed by atoms with E-state index in [-0.39, 0.29) is 5.54 Å². The SMILES string of the molecule is CC(C)(C)Nc1cc(-c2ccccc2)nc(Nc2ccc(F)c(F)c2)n1. The zero-order valence-corrected chi connectivity index (χ0v) is 14.8. The van der Waals surface area contributed by atoms with Crippen molar-refractivity contribution in [3.8, 4) is 11.3 Å². The predicted octanol–water partition coefficient (Wildman–Crippen LogP) is 5.38. The third-order valence-electron chi connectivity index (χ3n) is 3.47. The summed E-state index contributed by atoms with van der Waals surface area (Å²) in [5.41, 5.74) is 1.83. The lowest BCUT2D eigenvalue weighted by Crippen LogP contribution is -2.26. The summed E-state index contributed by atoms with van der Waals surface area (Å²) in [6.45, 7) is 6.08. The highest BCUT2D eigenvalue weighted by Crippen LogP contribution is 2.25. The molecule has 2 N–H and O–H groups in total. The van der Waals surface area contributed by atoms with Crippen LogP contribution < -0.4 is 10.6 Å². The van der Waals surface area contributed by atoms with E-state index in [1.165, 1.54) is 6.07 Å². The predicted molar refractivity (Wildman–Crippen MR) is 100 cm³/mol. The first-order valence-electron chi connectivity index (χ1n) is 8.25. The van der Waals surface area contributed by atoms with Crippen LogP contribution >= 0.6 is 0 Å². The molecular formula is C20H20F2N4. The van der Waals surface area contributed by atoms with Gasteiger partial charge in [-0.15, -0.1) is 0 Å². The van der Waals surface area contributed by atoms with Gasteiger partial charge in [0.15, 0.2) is 11.6 Å². The van der Waals surface area contributed by atoms with Gasteiger partial charge in [0.05, 0.1) is 5.69 Å². The average molecular weight is 354 g/mol. The maximum absolute atomic E-state index is 13.5. The fourth-order valence-corrected chi connectivity index (χ4v) is 2.41. The number of hydrogen-bond donors (Lipinski definition) is 2. The van der Waals surface area contributed by atoms with Gasteiger partial charge in [0.1, 0.15) is 5.82 Å². The third kappa shape index (κ3) is 4.53. The van der Waals surface area contributed by atoms with Gasteiger partial charge in [0.2, 0.25) is 5.95 Å². The zero-order valence-electron chi connectivity index (χ0n) is 14.8. The van der Waals surface area contributed by atoms with E-state index >= 15 is 0 Å². The monoisotopic (exact) mass is 354 g/mol. The zero-order chi connectivity index (χ0) is 18.7. The van der Waals surface area contributed by atoms with Crippen LogP contribution in [0.4, 0.5) is 26.2 Å². The van der Waals surface area contributed by atoms with Gasteiger partial charge in [-0.05, 0) is 32.9 Å². The highest BCUT2D eigenvalue weighted by atomic mass is 19.2. The van der Waals surface area contributed by atoms with Gasteiger partial charge >= 0.3 is 0 Å². The Bertz CT molecular complexity index is 905. The van der Waals surface area contributed by atoms with Crippen molar-refractivity contribution >= 4 is 17.5 Å². The van der Waals surface area contributed by atoms with E-state index in [1.54, 1.807) is 0 Å². The summed E-state index contributed by atoms with van der Waals surface area (Å²) in [6.07, 6.45) is 0. The minimum Gasteiger partial charge on any atom is -0.365 e. The molecule has 1 heterocycles.